The molecule has 17 heavy (non-hydrogen) atoms. The Morgan fingerprint density at radius 2 is 2.00 bits per heavy atom. The second kappa shape index (κ2) is 8.35. The van der Waals surface area contributed by atoms with Crippen LogP contribution in [0, 0.1) is 0 Å². The molecule has 1 aromatic heterocycles. The van der Waals surface area contributed by atoms with Crippen molar-refractivity contribution in [2.75, 3.05) is 6.54 Å². The van der Waals surface area contributed by atoms with Gasteiger partial charge in [-0.2, -0.15) is 0 Å². The molecule has 0 aliphatic rings. The van der Waals surface area contributed by atoms with Crippen LogP contribution in [-0.4, -0.2) is 6.54 Å². The predicted molar refractivity (Wildman–Crippen MR) is 73.3 cm³/mol. The van der Waals surface area contributed by atoms with Gasteiger partial charge in [-0.05, 0) is 19.0 Å². The van der Waals surface area contributed by atoms with Gasteiger partial charge in [0.25, 0.3) is 0 Å². The molecule has 0 aromatic carbocycles. The monoisotopic (exact) mass is 237 g/mol. The highest BCUT2D eigenvalue weighted by atomic mass is 16.3. The number of unbranched alkanes of at least 4 members (excludes halogenated alkanes) is 3. The van der Waals surface area contributed by atoms with Crippen LogP contribution in [-0.2, 0) is 6.42 Å². The lowest BCUT2D eigenvalue weighted by Gasteiger charge is -2.17. The SMILES string of the molecule is CCCCCCC(NCC)c1ccoc1CC. The van der Waals surface area contributed by atoms with Crippen molar-refractivity contribution in [3.63, 3.8) is 0 Å². The minimum atomic E-state index is 0.477. The van der Waals surface area contributed by atoms with Crippen LogP contribution in [0.5, 0.6) is 0 Å². The van der Waals surface area contributed by atoms with E-state index in [1.807, 2.05) is 6.26 Å². The second-order valence-corrected chi connectivity index (χ2v) is 4.61. The Hall–Kier alpha value is -0.760. The first-order valence-corrected chi connectivity index (χ1v) is 7.13. The van der Waals surface area contributed by atoms with Crippen LogP contribution in [0.2, 0.25) is 0 Å². The van der Waals surface area contributed by atoms with Gasteiger partial charge in [0, 0.05) is 18.0 Å². The zero-order valence-electron chi connectivity index (χ0n) is 11.6. The molecule has 0 aliphatic heterocycles. The van der Waals surface area contributed by atoms with E-state index >= 15 is 0 Å². The summed E-state index contributed by atoms with van der Waals surface area (Å²) in [6.07, 6.45) is 9.34. The average Bonchev–Trinajstić information content (AvgIpc) is 2.81. The van der Waals surface area contributed by atoms with E-state index in [0.29, 0.717) is 6.04 Å². The average molecular weight is 237 g/mol. The normalized spacial score (nSPS) is 12.9. The van der Waals surface area contributed by atoms with E-state index in [9.17, 15) is 0 Å². The molecule has 0 amide bonds. The van der Waals surface area contributed by atoms with Crippen LogP contribution in [0.15, 0.2) is 16.7 Å². The largest absolute Gasteiger partial charge is 0.469 e. The van der Waals surface area contributed by atoms with Gasteiger partial charge in [0.1, 0.15) is 5.76 Å². The van der Waals surface area contributed by atoms with Crippen molar-refractivity contribution in [3.05, 3.63) is 23.7 Å². The van der Waals surface area contributed by atoms with Gasteiger partial charge in [0.2, 0.25) is 0 Å². The van der Waals surface area contributed by atoms with Crippen LogP contribution < -0.4 is 5.32 Å². The van der Waals surface area contributed by atoms with Crippen molar-refractivity contribution in [2.45, 2.75) is 65.3 Å². The molecule has 0 saturated heterocycles. The Kier molecular flexibility index (Phi) is 7.02. The van der Waals surface area contributed by atoms with Gasteiger partial charge in [-0.3, -0.25) is 0 Å². The highest BCUT2D eigenvalue weighted by Crippen LogP contribution is 2.25. The molecular formula is C15H27NO. The number of aryl methyl sites for hydroxylation is 1. The fourth-order valence-corrected chi connectivity index (χ4v) is 2.34. The van der Waals surface area contributed by atoms with E-state index in [-0.39, 0.29) is 0 Å². The van der Waals surface area contributed by atoms with Gasteiger partial charge in [-0.25, -0.2) is 0 Å². The molecule has 1 aromatic rings. The Labute approximate surface area is 106 Å². The predicted octanol–water partition coefficient (Wildman–Crippen LogP) is 4.46. The van der Waals surface area contributed by atoms with Crippen molar-refractivity contribution < 1.29 is 4.42 Å². The van der Waals surface area contributed by atoms with Crippen molar-refractivity contribution in [2.24, 2.45) is 0 Å². The number of furan rings is 1. The fraction of sp³-hybridized carbons (Fsp3) is 0.733. The zero-order valence-corrected chi connectivity index (χ0v) is 11.6. The second-order valence-electron chi connectivity index (χ2n) is 4.61. The lowest BCUT2D eigenvalue weighted by molar-refractivity contribution is 0.458. The van der Waals surface area contributed by atoms with Gasteiger partial charge < -0.3 is 9.73 Å². The van der Waals surface area contributed by atoms with E-state index in [4.69, 9.17) is 4.42 Å². The van der Waals surface area contributed by atoms with Crippen LogP contribution in [0.25, 0.3) is 0 Å². The third-order valence-corrected chi connectivity index (χ3v) is 3.27. The number of rotatable bonds is 9. The number of nitrogens with one attached hydrogen (secondary N) is 1. The maximum Gasteiger partial charge on any atom is 0.108 e. The van der Waals surface area contributed by atoms with Gasteiger partial charge in [-0.1, -0.05) is 46.5 Å². The lowest BCUT2D eigenvalue weighted by Crippen LogP contribution is -2.21. The molecular weight excluding hydrogens is 210 g/mol. The van der Waals surface area contributed by atoms with E-state index in [0.717, 1.165) is 18.7 Å². The maximum atomic E-state index is 5.53. The third-order valence-electron chi connectivity index (χ3n) is 3.27. The Morgan fingerprint density at radius 1 is 1.18 bits per heavy atom. The maximum absolute atomic E-state index is 5.53. The molecule has 2 heteroatoms. The van der Waals surface area contributed by atoms with E-state index in [1.54, 1.807) is 0 Å². The van der Waals surface area contributed by atoms with Gasteiger partial charge >= 0.3 is 0 Å². The van der Waals surface area contributed by atoms with Gasteiger partial charge in [-0.15, -0.1) is 0 Å². The van der Waals surface area contributed by atoms with Gasteiger partial charge in [0.15, 0.2) is 0 Å². The number of hydrogen-bond donors (Lipinski definition) is 1. The molecule has 1 rings (SSSR count). The standard InChI is InChI=1S/C15H27NO/c1-4-7-8-9-10-14(16-6-3)13-11-12-17-15(13)5-2/h11-12,14,16H,4-10H2,1-3H3. The molecule has 2 nitrogen and oxygen atoms in total. The minimum absolute atomic E-state index is 0.477. The Bertz CT molecular complexity index is 293. The minimum Gasteiger partial charge on any atom is -0.469 e. The molecule has 0 fully saturated rings. The van der Waals surface area contributed by atoms with Crippen molar-refractivity contribution in [3.8, 4) is 0 Å². The van der Waals surface area contributed by atoms with Gasteiger partial charge in [0.05, 0.1) is 6.26 Å². The highest BCUT2D eigenvalue weighted by Gasteiger charge is 2.15. The van der Waals surface area contributed by atoms with E-state index in [1.165, 1.54) is 37.7 Å². The molecule has 0 aliphatic carbocycles. The summed E-state index contributed by atoms with van der Waals surface area (Å²) < 4.78 is 5.53. The van der Waals surface area contributed by atoms with Crippen LogP contribution in [0.1, 0.15) is 70.2 Å². The molecule has 0 bridgehead atoms. The highest BCUT2D eigenvalue weighted by molar-refractivity contribution is 5.21. The molecule has 1 atom stereocenters. The van der Waals surface area contributed by atoms with Crippen molar-refractivity contribution in [1.29, 1.82) is 0 Å². The van der Waals surface area contributed by atoms with Crippen LogP contribution in [0.3, 0.4) is 0 Å². The summed E-state index contributed by atoms with van der Waals surface area (Å²) in [5, 5.41) is 3.58. The zero-order chi connectivity index (χ0) is 12.5. The summed E-state index contributed by atoms with van der Waals surface area (Å²) >= 11 is 0. The summed E-state index contributed by atoms with van der Waals surface area (Å²) in [7, 11) is 0. The molecule has 0 saturated carbocycles. The summed E-state index contributed by atoms with van der Waals surface area (Å²) in [5.74, 6) is 1.14. The molecule has 1 unspecified atom stereocenters. The summed E-state index contributed by atoms with van der Waals surface area (Å²) in [6.45, 7) is 7.60. The molecule has 98 valence electrons. The summed E-state index contributed by atoms with van der Waals surface area (Å²) in [4.78, 5) is 0. The first kappa shape index (κ1) is 14.3. The van der Waals surface area contributed by atoms with E-state index in [2.05, 4.69) is 32.2 Å². The topological polar surface area (TPSA) is 25.2 Å². The lowest BCUT2D eigenvalue weighted by atomic mass is 9.99. The molecule has 1 heterocycles. The van der Waals surface area contributed by atoms with Crippen molar-refractivity contribution in [1.82, 2.24) is 5.32 Å². The van der Waals surface area contributed by atoms with Crippen LogP contribution in [0.4, 0.5) is 0 Å². The fourth-order valence-electron chi connectivity index (χ4n) is 2.34. The smallest absolute Gasteiger partial charge is 0.108 e. The summed E-state index contributed by atoms with van der Waals surface area (Å²) in [6, 6.07) is 2.61. The summed E-state index contributed by atoms with van der Waals surface area (Å²) in [5.41, 5.74) is 1.37. The first-order chi connectivity index (χ1) is 8.33. The van der Waals surface area contributed by atoms with Crippen LogP contribution >= 0.6 is 0 Å². The Morgan fingerprint density at radius 3 is 2.65 bits per heavy atom. The number of hydrogen-bond acceptors (Lipinski definition) is 2. The molecule has 1 N–H and O–H groups in total. The van der Waals surface area contributed by atoms with E-state index < -0.39 is 0 Å². The Balaban J connectivity index is 2.52. The first-order valence-electron chi connectivity index (χ1n) is 7.13. The third kappa shape index (κ3) is 4.55. The molecule has 0 radical (unpaired) electrons. The quantitative estimate of drug-likeness (QED) is 0.641. The van der Waals surface area contributed by atoms with Crippen molar-refractivity contribution >= 4 is 0 Å². The molecule has 0 spiro atoms.